The van der Waals surface area contributed by atoms with Crippen LogP contribution in [0.4, 0.5) is 13.2 Å². The Kier molecular flexibility index (Phi) is 3.24. The summed E-state index contributed by atoms with van der Waals surface area (Å²) in [5.74, 6) is 0.252. The minimum atomic E-state index is -4.35. The van der Waals surface area contributed by atoms with Crippen molar-refractivity contribution in [2.45, 2.75) is 37.9 Å². The molecule has 5 heteroatoms. The Morgan fingerprint density at radius 1 is 1.25 bits per heavy atom. The van der Waals surface area contributed by atoms with Gasteiger partial charge < -0.3 is 9.73 Å². The van der Waals surface area contributed by atoms with E-state index in [0.717, 1.165) is 24.9 Å². The number of hydrogen-bond acceptors (Lipinski definition) is 2. The Bertz CT molecular complexity index is 617. The fourth-order valence-corrected chi connectivity index (χ4v) is 3.07. The van der Waals surface area contributed by atoms with Crippen molar-refractivity contribution in [2.75, 3.05) is 6.54 Å². The number of nitrogens with one attached hydrogen (secondary N) is 1. The summed E-state index contributed by atoms with van der Waals surface area (Å²) in [5.41, 5.74) is 0.664. The van der Waals surface area contributed by atoms with Crippen LogP contribution >= 0.6 is 0 Å². The topological polar surface area (TPSA) is 25.2 Å². The Morgan fingerprint density at radius 2 is 2.05 bits per heavy atom. The number of fused-ring (bicyclic) bond motifs is 1. The highest BCUT2D eigenvalue weighted by Crippen LogP contribution is 2.40. The van der Waals surface area contributed by atoms with Gasteiger partial charge in [0.1, 0.15) is 5.58 Å². The average Bonchev–Trinajstić information content (AvgIpc) is 2.85. The van der Waals surface area contributed by atoms with Gasteiger partial charge in [0.15, 0.2) is 0 Å². The number of alkyl halides is 3. The summed E-state index contributed by atoms with van der Waals surface area (Å²) in [6.45, 7) is 2.98. The van der Waals surface area contributed by atoms with Crippen LogP contribution in [0.3, 0.4) is 0 Å². The van der Waals surface area contributed by atoms with Gasteiger partial charge in [-0.1, -0.05) is 6.07 Å². The fraction of sp³-hybridized carbons (Fsp3) is 0.467. The predicted octanol–water partition coefficient (Wildman–Crippen LogP) is 4.31. The predicted molar refractivity (Wildman–Crippen MR) is 70.7 cm³/mol. The lowest BCUT2D eigenvalue weighted by molar-refractivity contribution is -0.136. The first-order valence-electron chi connectivity index (χ1n) is 6.77. The molecular formula is C15H16F3NO. The molecule has 1 saturated heterocycles. The summed E-state index contributed by atoms with van der Waals surface area (Å²) in [4.78, 5) is 0. The highest BCUT2D eigenvalue weighted by atomic mass is 19.4. The molecule has 20 heavy (non-hydrogen) atoms. The zero-order chi connectivity index (χ0) is 14.3. The van der Waals surface area contributed by atoms with E-state index in [0.29, 0.717) is 11.6 Å². The molecular weight excluding hydrogens is 267 g/mol. The lowest BCUT2D eigenvalue weighted by Gasteiger charge is -2.28. The normalized spacial score (nSPS) is 24.2. The molecule has 2 unspecified atom stereocenters. The molecule has 0 bridgehead atoms. The van der Waals surface area contributed by atoms with E-state index in [1.165, 1.54) is 18.4 Å². The van der Waals surface area contributed by atoms with Crippen molar-refractivity contribution < 1.29 is 17.6 Å². The lowest BCUT2D eigenvalue weighted by Crippen LogP contribution is -2.34. The third-order valence-electron chi connectivity index (χ3n) is 4.02. The SMILES string of the molecule is CC1CC(c2ccc(C(F)(F)F)c3ccoc23)CCN1. The quantitative estimate of drug-likeness (QED) is 0.843. The standard InChI is InChI=1S/C15H16F3NO/c1-9-8-10(4-6-19-9)11-2-3-13(15(16,17)18)12-5-7-20-14(11)12/h2-3,5,7,9-10,19H,4,6,8H2,1H3. The highest BCUT2D eigenvalue weighted by Gasteiger charge is 2.34. The van der Waals surface area contributed by atoms with E-state index in [-0.39, 0.29) is 11.3 Å². The number of rotatable bonds is 1. The Hall–Kier alpha value is -1.49. The number of hydrogen-bond donors (Lipinski definition) is 1. The summed E-state index contributed by atoms with van der Waals surface area (Å²) in [5, 5.41) is 3.52. The van der Waals surface area contributed by atoms with Crippen LogP contribution in [0.1, 0.15) is 36.8 Å². The first-order valence-corrected chi connectivity index (χ1v) is 6.77. The molecule has 2 heterocycles. The van der Waals surface area contributed by atoms with Crippen LogP contribution in [0.5, 0.6) is 0 Å². The van der Waals surface area contributed by atoms with Crippen molar-refractivity contribution in [2.24, 2.45) is 0 Å². The van der Waals surface area contributed by atoms with Gasteiger partial charge in [-0.15, -0.1) is 0 Å². The van der Waals surface area contributed by atoms with E-state index < -0.39 is 11.7 Å². The Balaban J connectivity index is 2.07. The van der Waals surface area contributed by atoms with Crippen LogP contribution in [0.25, 0.3) is 11.0 Å². The minimum Gasteiger partial charge on any atom is -0.464 e. The Labute approximate surface area is 115 Å². The van der Waals surface area contributed by atoms with Crippen LogP contribution in [0.2, 0.25) is 0 Å². The van der Waals surface area contributed by atoms with Crippen molar-refractivity contribution in [3.05, 3.63) is 35.6 Å². The molecule has 2 atom stereocenters. The van der Waals surface area contributed by atoms with E-state index in [1.807, 2.05) is 0 Å². The second kappa shape index (κ2) is 4.81. The molecule has 2 aromatic rings. The number of halogens is 3. The lowest BCUT2D eigenvalue weighted by atomic mass is 9.85. The summed E-state index contributed by atoms with van der Waals surface area (Å²) in [6, 6.07) is 4.55. The molecule has 1 aliphatic rings. The van der Waals surface area contributed by atoms with Gasteiger partial charge in [0, 0.05) is 11.4 Å². The average molecular weight is 283 g/mol. The molecule has 0 amide bonds. The number of benzene rings is 1. The molecule has 0 spiro atoms. The third kappa shape index (κ3) is 2.30. The van der Waals surface area contributed by atoms with E-state index in [2.05, 4.69) is 12.2 Å². The smallest absolute Gasteiger partial charge is 0.417 e. The van der Waals surface area contributed by atoms with Crippen molar-refractivity contribution in [3.63, 3.8) is 0 Å². The van der Waals surface area contributed by atoms with Gasteiger partial charge in [-0.05, 0) is 49.9 Å². The van der Waals surface area contributed by atoms with Crippen molar-refractivity contribution in [3.8, 4) is 0 Å². The fourth-order valence-electron chi connectivity index (χ4n) is 3.07. The molecule has 1 fully saturated rings. The van der Waals surface area contributed by atoms with Gasteiger partial charge in [-0.25, -0.2) is 0 Å². The van der Waals surface area contributed by atoms with Crippen molar-refractivity contribution in [1.82, 2.24) is 5.32 Å². The molecule has 2 nitrogen and oxygen atoms in total. The van der Waals surface area contributed by atoms with Gasteiger partial charge in [-0.2, -0.15) is 13.2 Å². The van der Waals surface area contributed by atoms with Gasteiger partial charge in [0.2, 0.25) is 0 Å². The van der Waals surface area contributed by atoms with E-state index in [1.54, 1.807) is 6.07 Å². The van der Waals surface area contributed by atoms with Gasteiger partial charge in [0.25, 0.3) is 0 Å². The maximum Gasteiger partial charge on any atom is 0.417 e. The monoisotopic (exact) mass is 283 g/mol. The van der Waals surface area contributed by atoms with E-state index in [9.17, 15) is 13.2 Å². The summed E-state index contributed by atoms with van der Waals surface area (Å²) in [6.07, 6.45) is -1.16. The first-order chi connectivity index (χ1) is 9.47. The molecule has 0 saturated carbocycles. The molecule has 1 N–H and O–H groups in total. The summed E-state index contributed by atoms with van der Waals surface area (Å²) in [7, 11) is 0. The van der Waals surface area contributed by atoms with Gasteiger partial charge >= 0.3 is 6.18 Å². The van der Waals surface area contributed by atoms with Gasteiger partial charge in [0.05, 0.1) is 11.8 Å². The molecule has 1 aromatic heterocycles. The van der Waals surface area contributed by atoms with Crippen molar-refractivity contribution >= 4 is 11.0 Å². The zero-order valence-corrected chi connectivity index (χ0v) is 11.1. The largest absolute Gasteiger partial charge is 0.464 e. The Morgan fingerprint density at radius 3 is 2.75 bits per heavy atom. The van der Waals surface area contributed by atoms with Crippen LogP contribution in [0.15, 0.2) is 28.9 Å². The van der Waals surface area contributed by atoms with E-state index in [4.69, 9.17) is 4.42 Å². The maximum atomic E-state index is 13.0. The van der Waals surface area contributed by atoms with Crippen LogP contribution in [-0.4, -0.2) is 12.6 Å². The highest BCUT2D eigenvalue weighted by molar-refractivity contribution is 5.85. The van der Waals surface area contributed by atoms with Gasteiger partial charge in [-0.3, -0.25) is 0 Å². The molecule has 0 radical (unpaired) electrons. The summed E-state index contributed by atoms with van der Waals surface area (Å²) >= 11 is 0. The third-order valence-corrected chi connectivity index (χ3v) is 4.02. The number of furan rings is 1. The summed E-state index contributed by atoms with van der Waals surface area (Å²) < 4.78 is 44.3. The second-order valence-electron chi connectivity index (χ2n) is 5.44. The second-order valence-corrected chi connectivity index (χ2v) is 5.44. The molecule has 108 valence electrons. The van der Waals surface area contributed by atoms with Crippen LogP contribution in [0, 0.1) is 0 Å². The molecule has 3 rings (SSSR count). The van der Waals surface area contributed by atoms with E-state index >= 15 is 0 Å². The van der Waals surface area contributed by atoms with Crippen molar-refractivity contribution in [1.29, 1.82) is 0 Å². The molecule has 1 aliphatic heterocycles. The maximum absolute atomic E-state index is 13.0. The molecule has 0 aliphatic carbocycles. The first kappa shape index (κ1) is 13.5. The minimum absolute atomic E-state index is 0.168. The van der Waals surface area contributed by atoms with Crippen LogP contribution in [-0.2, 0) is 6.18 Å². The molecule has 1 aromatic carbocycles. The zero-order valence-electron chi connectivity index (χ0n) is 11.1. The van der Waals surface area contributed by atoms with Crippen LogP contribution < -0.4 is 5.32 Å². The number of piperidine rings is 1.